The van der Waals surface area contributed by atoms with Crippen LogP contribution in [0.1, 0.15) is 23.7 Å². The lowest BCUT2D eigenvalue weighted by atomic mass is 9.95. The molecule has 1 N–H and O–H groups in total. The molecule has 1 aliphatic heterocycles. The summed E-state index contributed by atoms with van der Waals surface area (Å²) in [6.07, 6.45) is 5.22. The van der Waals surface area contributed by atoms with Crippen molar-refractivity contribution >= 4 is 10.8 Å². The highest BCUT2D eigenvalue weighted by atomic mass is 16.5. The molecule has 122 valence electrons. The second-order valence-electron chi connectivity index (χ2n) is 6.40. The Balaban J connectivity index is 1.41. The minimum atomic E-state index is 0.212. The SMILES string of the molecule is c1ccc([C@H]2OCC[C@@H]2CNCc2cncc3ccccc23)cc1. The molecule has 3 heteroatoms. The molecule has 1 saturated heterocycles. The summed E-state index contributed by atoms with van der Waals surface area (Å²) in [6.45, 7) is 2.65. The molecule has 0 unspecified atom stereocenters. The average molecular weight is 318 g/mol. The second kappa shape index (κ2) is 7.12. The predicted molar refractivity (Wildman–Crippen MR) is 96.7 cm³/mol. The van der Waals surface area contributed by atoms with Gasteiger partial charge in [0.25, 0.3) is 0 Å². The van der Waals surface area contributed by atoms with Gasteiger partial charge in [0.15, 0.2) is 0 Å². The van der Waals surface area contributed by atoms with E-state index in [0.29, 0.717) is 5.92 Å². The molecule has 0 amide bonds. The Morgan fingerprint density at radius 1 is 1.00 bits per heavy atom. The zero-order valence-electron chi connectivity index (χ0n) is 13.7. The van der Waals surface area contributed by atoms with E-state index in [4.69, 9.17) is 4.74 Å². The van der Waals surface area contributed by atoms with Gasteiger partial charge in [-0.25, -0.2) is 0 Å². The molecular weight excluding hydrogens is 296 g/mol. The Morgan fingerprint density at radius 3 is 2.75 bits per heavy atom. The molecule has 24 heavy (non-hydrogen) atoms. The molecule has 3 nitrogen and oxygen atoms in total. The fourth-order valence-corrected chi connectivity index (χ4v) is 3.57. The molecule has 4 rings (SSSR count). The van der Waals surface area contributed by atoms with Crippen LogP contribution in [0.3, 0.4) is 0 Å². The van der Waals surface area contributed by atoms with Crippen molar-refractivity contribution in [1.29, 1.82) is 0 Å². The first-order valence-corrected chi connectivity index (χ1v) is 8.61. The van der Waals surface area contributed by atoms with Crippen LogP contribution in [0.25, 0.3) is 10.8 Å². The van der Waals surface area contributed by atoms with E-state index in [2.05, 4.69) is 64.9 Å². The molecular formula is C21H22N2O. The van der Waals surface area contributed by atoms with Gasteiger partial charge in [-0.1, -0.05) is 54.6 Å². The van der Waals surface area contributed by atoms with Crippen molar-refractivity contribution in [2.75, 3.05) is 13.2 Å². The average Bonchev–Trinajstić information content (AvgIpc) is 3.11. The van der Waals surface area contributed by atoms with Crippen LogP contribution < -0.4 is 5.32 Å². The van der Waals surface area contributed by atoms with Gasteiger partial charge in [-0.05, 0) is 22.9 Å². The first kappa shape index (κ1) is 15.3. The highest BCUT2D eigenvalue weighted by molar-refractivity contribution is 5.84. The molecule has 3 aromatic rings. The van der Waals surface area contributed by atoms with E-state index in [1.165, 1.54) is 21.9 Å². The van der Waals surface area contributed by atoms with E-state index >= 15 is 0 Å². The largest absolute Gasteiger partial charge is 0.373 e. The monoisotopic (exact) mass is 318 g/mol. The number of hydrogen-bond acceptors (Lipinski definition) is 3. The number of ether oxygens (including phenoxy) is 1. The lowest BCUT2D eigenvalue weighted by Crippen LogP contribution is -2.24. The summed E-state index contributed by atoms with van der Waals surface area (Å²) in [5, 5.41) is 6.09. The Morgan fingerprint density at radius 2 is 1.83 bits per heavy atom. The quantitative estimate of drug-likeness (QED) is 0.769. The fourth-order valence-electron chi connectivity index (χ4n) is 3.57. The van der Waals surface area contributed by atoms with Crippen molar-refractivity contribution in [1.82, 2.24) is 10.3 Å². The summed E-state index contributed by atoms with van der Waals surface area (Å²) in [4.78, 5) is 4.36. The number of rotatable bonds is 5. The van der Waals surface area contributed by atoms with Crippen molar-refractivity contribution < 1.29 is 4.74 Å². The summed E-state index contributed by atoms with van der Waals surface area (Å²) in [5.74, 6) is 0.523. The van der Waals surface area contributed by atoms with Crippen LogP contribution in [0.4, 0.5) is 0 Å². The number of benzene rings is 2. The van der Waals surface area contributed by atoms with Crippen molar-refractivity contribution in [3.8, 4) is 0 Å². The zero-order valence-corrected chi connectivity index (χ0v) is 13.7. The summed E-state index contributed by atoms with van der Waals surface area (Å²) in [7, 11) is 0. The van der Waals surface area contributed by atoms with E-state index in [9.17, 15) is 0 Å². The van der Waals surface area contributed by atoms with Crippen LogP contribution >= 0.6 is 0 Å². The normalized spacial score (nSPS) is 20.5. The van der Waals surface area contributed by atoms with Gasteiger partial charge in [0.05, 0.1) is 6.10 Å². The maximum Gasteiger partial charge on any atom is 0.0866 e. The Hall–Kier alpha value is -2.23. The summed E-state index contributed by atoms with van der Waals surface area (Å²) < 4.78 is 5.97. The molecule has 0 aliphatic carbocycles. The third-order valence-corrected chi connectivity index (χ3v) is 4.82. The first-order chi connectivity index (χ1) is 11.9. The molecule has 2 aromatic carbocycles. The smallest absolute Gasteiger partial charge is 0.0866 e. The maximum absolute atomic E-state index is 5.97. The molecule has 1 fully saturated rings. The van der Waals surface area contributed by atoms with E-state index in [-0.39, 0.29) is 6.10 Å². The van der Waals surface area contributed by atoms with Crippen molar-refractivity contribution in [3.05, 3.63) is 78.1 Å². The number of nitrogens with one attached hydrogen (secondary N) is 1. The van der Waals surface area contributed by atoms with Gasteiger partial charge in [0, 0.05) is 43.4 Å². The lowest BCUT2D eigenvalue weighted by Gasteiger charge is -2.19. The van der Waals surface area contributed by atoms with Crippen LogP contribution in [-0.2, 0) is 11.3 Å². The number of fused-ring (bicyclic) bond motifs is 1. The zero-order chi connectivity index (χ0) is 16.2. The van der Waals surface area contributed by atoms with Gasteiger partial charge < -0.3 is 10.1 Å². The Kier molecular flexibility index (Phi) is 4.54. The van der Waals surface area contributed by atoms with Crippen LogP contribution in [0.15, 0.2) is 67.0 Å². The third-order valence-electron chi connectivity index (χ3n) is 4.82. The van der Waals surface area contributed by atoms with Crippen molar-refractivity contribution in [2.45, 2.75) is 19.1 Å². The molecule has 0 spiro atoms. The van der Waals surface area contributed by atoms with Crippen LogP contribution in [0, 0.1) is 5.92 Å². The molecule has 0 radical (unpaired) electrons. The summed E-state index contributed by atoms with van der Waals surface area (Å²) in [6, 6.07) is 19.0. The van der Waals surface area contributed by atoms with Gasteiger partial charge in [0.1, 0.15) is 0 Å². The van der Waals surface area contributed by atoms with Gasteiger partial charge in [-0.15, -0.1) is 0 Å². The molecule has 0 bridgehead atoms. The molecule has 2 atom stereocenters. The molecule has 2 heterocycles. The number of aromatic nitrogens is 1. The summed E-state index contributed by atoms with van der Waals surface area (Å²) in [5.41, 5.74) is 2.54. The summed E-state index contributed by atoms with van der Waals surface area (Å²) >= 11 is 0. The van der Waals surface area contributed by atoms with Gasteiger partial charge in [-0.3, -0.25) is 4.98 Å². The van der Waals surface area contributed by atoms with Crippen LogP contribution in [0.5, 0.6) is 0 Å². The van der Waals surface area contributed by atoms with E-state index in [0.717, 1.165) is 26.1 Å². The predicted octanol–water partition coefficient (Wildman–Crippen LogP) is 4.10. The maximum atomic E-state index is 5.97. The lowest BCUT2D eigenvalue weighted by molar-refractivity contribution is 0.0904. The minimum Gasteiger partial charge on any atom is -0.373 e. The number of pyridine rings is 1. The van der Waals surface area contributed by atoms with Crippen molar-refractivity contribution in [3.63, 3.8) is 0 Å². The first-order valence-electron chi connectivity index (χ1n) is 8.61. The number of nitrogens with zero attached hydrogens (tertiary/aromatic N) is 1. The van der Waals surface area contributed by atoms with E-state index in [1.807, 2.05) is 12.4 Å². The van der Waals surface area contributed by atoms with Crippen LogP contribution in [-0.4, -0.2) is 18.1 Å². The highest BCUT2D eigenvalue weighted by Gasteiger charge is 2.29. The highest BCUT2D eigenvalue weighted by Crippen LogP contribution is 2.33. The molecule has 1 aliphatic rings. The fraction of sp³-hybridized carbons (Fsp3) is 0.286. The van der Waals surface area contributed by atoms with Crippen LogP contribution in [0.2, 0.25) is 0 Å². The second-order valence-corrected chi connectivity index (χ2v) is 6.40. The topological polar surface area (TPSA) is 34.1 Å². The van der Waals surface area contributed by atoms with Gasteiger partial charge in [0.2, 0.25) is 0 Å². The van der Waals surface area contributed by atoms with Crippen molar-refractivity contribution in [2.24, 2.45) is 5.92 Å². The third kappa shape index (κ3) is 3.18. The number of hydrogen-bond donors (Lipinski definition) is 1. The van der Waals surface area contributed by atoms with E-state index in [1.54, 1.807) is 0 Å². The molecule has 0 saturated carbocycles. The Labute approximate surface area is 142 Å². The Bertz CT molecular complexity index is 798. The minimum absolute atomic E-state index is 0.212. The molecule has 1 aromatic heterocycles. The van der Waals surface area contributed by atoms with E-state index < -0.39 is 0 Å². The van der Waals surface area contributed by atoms with Gasteiger partial charge in [-0.2, -0.15) is 0 Å². The van der Waals surface area contributed by atoms with Gasteiger partial charge >= 0.3 is 0 Å². The standard InChI is InChI=1S/C21H22N2O/c1-2-6-16(7-3-1)21-18(10-11-24-21)13-23-15-19-14-22-12-17-8-4-5-9-20(17)19/h1-9,12,14,18,21,23H,10-11,13,15H2/t18-,21-/m1/s1.